The molecule has 1 atom stereocenters. The van der Waals surface area contributed by atoms with Gasteiger partial charge in [-0.2, -0.15) is 0 Å². The summed E-state index contributed by atoms with van der Waals surface area (Å²) in [6, 6.07) is 0. The summed E-state index contributed by atoms with van der Waals surface area (Å²) in [6.45, 7) is 6.45. The van der Waals surface area contributed by atoms with Gasteiger partial charge in [-0.05, 0) is 116 Å². The number of hydrogen-bond donors (Lipinski definition) is 0. The summed E-state index contributed by atoms with van der Waals surface area (Å²) in [4.78, 5) is 38.1. The molecule has 0 saturated heterocycles. The third kappa shape index (κ3) is 57.1. The van der Waals surface area contributed by atoms with Crippen LogP contribution in [0.25, 0.3) is 0 Å². The van der Waals surface area contributed by atoms with Crippen LogP contribution >= 0.6 is 0 Å². The topological polar surface area (TPSA) is 78.9 Å². The highest BCUT2D eigenvalue weighted by molar-refractivity contribution is 5.71. The van der Waals surface area contributed by atoms with Crippen LogP contribution in [0.3, 0.4) is 0 Å². The molecular formula is C65H110O6. The molecule has 0 fully saturated rings. The van der Waals surface area contributed by atoms with Gasteiger partial charge in [0.15, 0.2) is 6.10 Å². The molecule has 0 aliphatic rings. The van der Waals surface area contributed by atoms with E-state index in [1.807, 2.05) is 0 Å². The van der Waals surface area contributed by atoms with E-state index in [1.54, 1.807) is 0 Å². The maximum atomic E-state index is 12.8. The minimum atomic E-state index is -0.796. The van der Waals surface area contributed by atoms with Crippen molar-refractivity contribution in [3.8, 4) is 0 Å². The highest BCUT2D eigenvalue weighted by Gasteiger charge is 2.19. The fourth-order valence-electron chi connectivity index (χ4n) is 8.07. The van der Waals surface area contributed by atoms with Crippen molar-refractivity contribution in [1.29, 1.82) is 0 Å². The molecule has 6 heteroatoms. The van der Waals surface area contributed by atoms with Gasteiger partial charge in [-0.15, -0.1) is 0 Å². The molecule has 0 bridgehead atoms. The maximum absolute atomic E-state index is 12.8. The Kier molecular flexibility index (Phi) is 55.9. The molecule has 71 heavy (non-hydrogen) atoms. The Balaban J connectivity index is 4.33. The number of ether oxygens (including phenoxy) is 3. The smallest absolute Gasteiger partial charge is 0.306 e. The van der Waals surface area contributed by atoms with Crippen LogP contribution in [-0.2, 0) is 28.6 Å². The summed E-state index contributed by atoms with van der Waals surface area (Å²) in [5, 5.41) is 0. The highest BCUT2D eigenvalue weighted by Crippen LogP contribution is 2.15. The molecule has 0 rings (SSSR count). The van der Waals surface area contributed by atoms with Gasteiger partial charge in [-0.1, -0.05) is 240 Å². The lowest BCUT2D eigenvalue weighted by molar-refractivity contribution is -0.167. The molecule has 0 aliphatic carbocycles. The van der Waals surface area contributed by atoms with Gasteiger partial charge >= 0.3 is 17.9 Å². The molecule has 0 aromatic rings. The second-order valence-electron chi connectivity index (χ2n) is 19.5. The van der Waals surface area contributed by atoms with E-state index >= 15 is 0 Å². The maximum Gasteiger partial charge on any atom is 0.306 e. The van der Waals surface area contributed by atoms with Crippen molar-refractivity contribution >= 4 is 17.9 Å². The Morgan fingerprint density at radius 1 is 0.296 bits per heavy atom. The van der Waals surface area contributed by atoms with Crippen molar-refractivity contribution in [1.82, 2.24) is 0 Å². The van der Waals surface area contributed by atoms with Gasteiger partial charge in [-0.3, -0.25) is 14.4 Å². The Labute approximate surface area is 438 Å². The largest absolute Gasteiger partial charge is 0.462 e. The van der Waals surface area contributed by atoms with Crippen molar-refractivity contribution in [3.05, 3.63) is 97.2 Å². The Hall–Kier alpha value is -3.67. The predicted octanol–water partition coefficient (Wildman–Crippen LogP) is 20.1. The predicted molar refractivity (Wildman–Crippen MR) is 307 cm³/mol. The van der Waals surface area contributed by atoms with E-state index in [9.17, 15) is 14.4 Å². The number of hydrogen-bond acceptors (Lipinski definition) is 6. The van der Waals surface area contributed by atoms with E-state index < -0.39 is 6.10 Å². The molecule has 1 unspecified atom stereocenters. The Morgan fingerprint density at radius 2 is 0.563 bits per heavy atom. The van der Waals surface area contributed by atoms with E-state index in [4.69, 9.17) is 14.2 Å². The average Bonchev–Trinajstić information content (AvgIpc) is 3.37. The van der Waals surface area contributed by atoms with Crippen LogP contribution in [0, 0.1) is 0 Å². The van der Waals surface area contributed by atoms with Crippen molar-refractivity contribution in [2.45, 2.75) is 284 Å². The van der Waals surface area contributed by atoms with Crippen LogP contribution in [0.15, 0.2) is 97.2 Å². The van der Waals surface area contributed by atoms with Crippen molar-refractivity contribution in [2.75, 3.05) is 13.2 Å². The minimum absolute atomic E-state index is 0.0926. The lowest BCUT2D eigenvalue weighted by Crippen LogP contribution is -2.30. The van der Waals surface area contributed by atoms with E-state index in [1.165, 1.54) is 116 Å². The summed E-state index contributed by atoms with van der Waals surface area (Å²) in [5.41, 5.74) is 0. The number of allylic oxidation sites excluding steroid dienone is 16. The number of carbonyl (C=O) groups excluding carboxylic acids is 3. The number of esters is 3. The molecule has 0 N–H and O–H groups in total. The zero-order valence-electron chi connectivity index (χ0n) is 46.5. The summed E-state index contributed by atoms with van der Waals surface area (Å²) in [6.07, 6.45) is 78.3. The first-order chi connectivity index (χ1) is 35.0. The second kappa shape index (κ2) is 58.9. The second-order valence-corrected chi connectivity index (χ2v) is 19.5. The van der Waals surface area contributed by atoms with Gasteiger partial charge in [-0.25, -0.2) is 0 Å². The van der Waals surface area contributed by atoms with Gasteiger partial charge in [0.2, 0.25) is 0 Å². The van der Waals surface area contributed by atoms with Gasteiger partial charge < -0.3 is 14.2 Å². The molecule has 0 aromatic heterocycles. The molecule has 0 aromatic carbocycles. The van der Waals surface area contributed by atoms with Gasteiger partial charge in [0.1, 0.15) is 13.2 Å². The normalized spacial score (nSPS) is 12.8. The quantitative estimate of drug-likeness (QED) is 0.0261. The van der Waals surface area contributed by atoms with Crippen LogP contribution in [0.1, 0.15) is 278 Å². The first kappa shape index (κ1) is 67.3. The van der Waals surface area contributed by atoms with Crippen molar-refractivity contribution < 1.29 is 28.6 Å². The van der Waals surface area contributed by atoms with Crippen LogP contribution in [0.2, 0.25) is 0 Å². The summed E-state index contributed by atoms with van der Waals surface area (Å²) in [7, 11) is 0. The summed E-state index contributed by atoms with van der Waals surface area (Å²) < 4.78 is 16.8. The first-order valence-corrected chi connectivity index (χ1v) is 29.7. The highest BCUT2D eigenvalue weighted by atomic mass is 16.6. The van der Waals surface area contributed by atoms with Crippen molar-refractivity contribution in [2.24, 2.45) is 0 Å². The molecule has 406 valence electrons. The fourth-order valence-corrected chi connectivity index (χ4v) is 8.07. The van der Waals surface area contributed by atoms with Gasteiger partial charge in [0.25, 0.3) is 0 Å². The summed E-state index contributed by atoms with van der Waals surface area (Å²) in [5.74, 6) is -0.927. The molecule has 0 radical (unpaired) electrons. The lowest BCUT2D eigenvalue weighted by atomic mass is 10.1. The molecule has 0 aliphatic heterocycles. The third-order valence-electron chi connectivity index (χ3n) is 12.5. The van der Waals surface area contributed by atoms with E-state index in [0.29, 0.717) is 19.3 Å². The molecule has 0 spiro atoms. The first-order valence-electron chi connectivity index (χ1n) is 29.7. The average molecular weight is 988 g/mol. The standard InChI is InChI=1S/C65H110O6/c1-4-7-10-13-16-19-22-24-26-28-29-30-31-32-33-34-35-37-38-40-43-46-49-52-55-58-64(67)70-61-62(60-69-63(66)57-54-51-48-45-42-21-18-15-12-9-6-3)71-65(68)59-56-53-50-47-44-41-39-36-27-25-23-20-17-14-11-8-5-2/h8,11,15,17-18,20,22,24-25,27-29,31-32,39,41,62H,4-7,9-10,12-14,16,19,21,23,26,30,33-38,40,42-61H2,1-3H3/b11-8-,18-15-,20-17-,24-22-,27-25-,29-28-,32-31-,41-39-. The van der Waals surface area contributed by atoms with E-state index in [0.717, 1.165) is 122 Å². The van der Waals surface area contributed by atoms with Crippen molar-refractivity contribution in [3.63, 3.8) is 0 Å². The fraction of sp³-hybridized carbons (Fsp3) is 0.708. The number of rotatable bonds is 53. The van der Waals surface area contributed by atoms with E-state index in [2.05, 4.69) is 118 Å². The van der Waals surface area contributed by atoms with Crippen LogP contribution in [0.4, 0.5) is 0 Å². The number of unbranched alkanes of at least 4 members (excludes halogenated alkanes) is 26. The summed E-state index contributed by atoms with van der Waals surface area (Å²) >= 11 is 0. The molecule has 0 amide bonds. The Bertz CT molecular complexity index is 1410. The van der Waals surface area contributed by atoms with Crippen LogP contribution < -0.4 is 0 Å². The minimum Gasteiger partial charge on any atom is -0.462 e. The third-order valence-corrected chi connectivity index (χ3v) is 12.5. The van der Waals surface area contributed by atoms with Gasteiger partial charge in [0, 0.05) is 19.3 Å². The monoisotopic (exact) mass is 987 g/mol. The molecular weight excluding hydrogens is 877 g/mol. The van der Waals surface area contributed by atoms with Crippen LogP contribution in [0.5, 0.6) is 0 Å². The molecule has 0 heterocycles. The van der Waals surface area contributed by atoms with Crippen LogP contribution in [-0.4, -0.2) is 37.2 Å². The molecule has 6 nitrogen and oxygen atoms in total. The zero-order valence-corrected chi connectivity index (χ0v) is 46.5. The SMILES string of the molecule is CC/C=C\C/C=C\C/C=C\C/C=C\CCCCCCC(=O)OC(COC(=O)CCCCCCC/C=C\CCCC)COC(=O)CCCCCCCCCCCC/C=C\C/C=C\C/C=C\CCCCCCC. The zero-order chi connectivity index (χ0) is 51.4. The molecule has 0 saturated carbocycles. The van der Waals surface area contributed by atoms with E-state index in [-0.39, 0.29) is 31.1 Å². The van der Waals surface area contributed by atoms with Gasteiger partial charge in [0.05, 0.1) is 0 Å². The lowest BCUT2D eigenvalue weighted by Gasteiger charge is -2.18. The Morgan fingerprint density at radius 3 is 0.915 bits per heavy atom. The number of carbonyl (C=O) groups is 3.